The number of carbonyl (C=O) groups excluding carboxylic acids is 2. The van der Waals surface area contributed by atoms with Gasteiger partial charge in [0.1, 0.15) is 12.1 Å². The van der Waals surface area contributed by atoms with Crippen molar-refractivity contribution in [3.05, 3.63) is 0 Å². The number of unbranched alkanes of at least 4 members (excludes halogenated alkanes) is 20. The van der Waals surface area contributed by atoms with Crippen LogP contribution in [0.5, 0.6) is 0 Å². The van der Waals surface area contributed by atoms with E-state index in [9.17, 15) is 19.5 Å². The van der Waals surface area contributed by atoms with Gasteiger partial charge in [-0.05, 0) is 57.9 Å². The molecule has 260 valence electrons. The number of carboxylic acid groups (broad SMARTS) is 1. The van der Waals surface area contributed by atoms with E-state index in [1.54, 1.807) is 0 Å². The van der Waals surface area contributed by atoms with Gasteiger partial charge in [0.15, 0.2) is 0 Å². The van der Waals surface area contributed by atoms with Gasteiger partial charge >= 0.3 is 11.9 Å². The zero-order valence-corrected chi connectivity index (χ0v) is 29.0. The fraction of sp³-hybridized carbons (Fsp3) is 0.919. The van der Waals surface area contributed by atoms with E-state index >= 15 is 0 Å². The van der Waals surface area contributed by atoms with Gasteiger partial charge in [-0.2, -0.15) is 0 Å². The van der Waals surface area contributed by atoms with E-state index in [2.05, 4.69) is 19.2 Å². The van der Waals surface area contributed by atoms with Gasteiger partial charge < -0.3 is 20.9 Å². The topological polar surface area (TPSA) is 119 Å². The van der Waals surface area contributed by atoms with E-state index in [1.807, 2.05) is 0 Å². The lowest BCUT2D eigenvalue weighted by Gasteiger charge is -2.18. The van der Waals surface area contributed by atoms with Crippen molar-refractivity contribution in [2.24, 2.45) is 5.73 Å². The Kier molecular flexibility index (Phi) is 31.5. The number of carbonyl (C=O) groups is 3. The Labute approximate surface area is 271 Å². The van der Waals surface area contributed by atoms with Crippen molar-refractivity contribution >= 4 is 17.8 Å². The number of hydrogen-bond donors (Lipinski definition) is 3. The summed E-state index contributed by atoms with van der Waals surface area (Å²) in [4.78, 5) is 36.1. The minimum atomic E-state index is -1.01. The number of nitrogens with one attached hydrogen (secondary N) is 1. The number of rotatable bonds is 34. The van der Waals surface area contributed by atoms with Gasteiger partial charge in [0.2, 0.25) is 5.91 Å². The van der Waals surface area contributed by atoms with E-state index in [-0.39, 0.29) is 18.0 Å². The van der Waals surface area contributed by atoms with Gasteiger partial charge in [-0.1, -0.05) is 136 Å². The van der Waals surface area contributed by atoms with E-state index in [0.29, 0.717) is 32.2 Å². The molecule has 0 aromatic heterocycles. The number of amides is 1. The highest BCUT2D eigenvalue weighted by Gasteiger charge is 2.19. The summed E-state index contributed by atoms with van der Waals surface area (Å²) in [5.74, 6) is -1.26. The Morgan fingerprint density at radius 1 is 0.568 bits per heavy atom. The molecule has 2 atom stereocenters. The smallest absolute Gasteiger partial charge is 0.326 e. The van der Waals surface area contributed by atoms with Crippen LogP contribution in [0, 0.1) is 0 Å². The second-order valence-electron chi connectivity index (χ2n) is 13.0. The van der Waals surface area contributed by atoms with E-state index in [4.69, 9.17) is 10.5 Å². The molecule has 0 fully saturated rings. The average molecular weight is 625 g/mol. The molecular weight excluding hydrogens is 552 g/mol. The van der Waals surface area contributed by atoms with E-state index < -0.39 is 12.0 Å². The van der Waals surface area contributed by atoms with Crippen LogP contribution in [0.4, 0.5) is 0 Å². The molecule has 0 saturated carbocycles. The molecule has 0 spiro atoms. The van der Waals surface area contributed by atoms with Crippen molar-refractivity contribution in [2.45, 2.75) is 212 Å². The fourth-order valence-electron chi connectivity index (χ4n) is 5.80. The molecule has 0 saturated heterocycles. The van der Waals surface area contributed by atoms with Crippen molar-refractivity contribution in [1.29, 1.82) is 0 Å². The lowest BCUT2D eigenvalue weighted by atomic mass is 10.0. The normalized spacial score (nSPS) is 12.6. The average Bonchev–Trinajstić information content (AvgIpc) is 3.00. The molecule has 0 aliphatic rings. The molecule has 44 heavy (non-hydrogen) atoms. The van der Waals surface area contributed by atoms with Gasteiger partial charge in [0.05, 0.1) is 0 Å². The molecule has 0 heterocycles. The Morgan fingerprint density at radius 3 is 1.41 bits per heavy atom. The van der Waals surface area contributed by atoms with Crippen molar-refractivity contribution in [3.8, 4) is 0 Å². The van der Waals surface area contributed by atoms with Gasteiger partial charge in [-0.15, -0.1) is 0 Å². The Balaban J connectivity index is 4.09. The third-order valence-electron chi connectivity index (χ3n) is 8.67. The SMILES string of the molecule is CCCCCCCCCCCCCCCCC(=O)OC(CCCCCCC)CCCCCCC(=O)NC(CCCN)C(=O)O. The van der Waals surface area contributed by atoms with Gasteiger partial charge in [-0.3, -0.25) is 9.59 Å². The van der Waals surface area contributed by atoms with Crippen LogP contribution in [0.15, 0.2) is 0 Å². The highest BCUT2D eigenvalue weighted by atomic mass is 16.5. The number of nitrogens with two attached hydrogens (primary N) is 1. The quantitative estimate of drug-likeness (QED) is 0.0484. The van der Waals surface area contributed by atoms with Crippen LogP contribution in [0.25, 0.3) is 0 Å². The molecule has 4 N–H and O–H groups in total. The first-order chi connectivity index (χ1) is 21.4. The summed E-state index contributed by atoms with van der Waals surface area (Å²) in [7, 11) is 0. The first kappa shape index (κ1) is 42.4. The highest BCUT2D eigenvalue weighted by molar-refractivity contribution is 5.83. The lowest BCUT2D eigenvalue weighted by molar-refractivity contribution is -0.150. The number of aliphatic carboxylic acids is 1. The summed E-state index contributed by atoms with van der Waals surface area (Å²) in [6.45, 7) is 4.90. The Morgan fingerprint density at radius 2 is 0.977 bits per heavy atom. The molecule has 7 heteroatoms. The predicted octanol–water partition coefficient (Wildman–Crippen LogP) is 9.78. The molecule has 0 radical (unpaired) electrons. The minimum Gasteiger partial charge on any atom is -0.480 e. The van der Waals surface area contributed by atoms with Crippen LogP contribution >= 0.6 is 0 Å². The molecule has 1 amide bonds. The Hall–Kier alpha value is -1.63. The third kappa shape index (κ3) is 29.1. The summed E-state index contributed by atoms with van der Waals surface area (Å²) in [5, 5.41) is 11.9. The van der Waals surface area contributed by atoms with Gasteiger partial charge in [0, 0.05) is 12.8 Å². The van der Waals surface area contributed by atoms with E-state index in [1.165, 1.54) is 103 Å². The maximum atomic E-state index is 12.6. The maximum absolute atomic E-state index is 12.6. The molecule has 7 nitrogen and oxygen atoms in total. The van der Waals surface area contributed by atoms with Crippen LogP contribution in [-0.2, 0) is 19.1 Å². The van der Waals surface area contributed by atoms with Gasteiger partial charge in [-0.25, -0.2) is 4.79 Å². The molecule has 0 bridgehead atoms. The second kappa shape index (κ2) is 32.8. The molecule has 0 aromatic rings. The molecule has 0 rings (SSSR count). The molecule has 0 aliphatic carbocycles. The van der Waals surface area contributed by atoms with Crippen molar-refractivity contribution in [3.63, 3.8) is 0 Å². The largest absolute Gasteiger partial charge is 0.480 e. The van der Waals surface area contributed by atoms with Crippen molar-refractivity contribution in [2.75, 3.05) is 6.54 Å². The highest BCUT2D eigenvalue weighted by Crippen LogP contribution is 2.18. The number of carboxylic acids is 1. The number of esters is 1. The molecule has 0 aromatic carbocycles. The standard InChI is InChI=1S/C37H72N2O5/c1-3-5-7-9-10-11-12-13-14-15-16-17-19-25-31-36(41)44-33(27-22-18-8-6-4-2)28-23-20-21-24-30-35(40)39-34(37(42)43)29-26-32-38/h33-34H,3-32,38H2,1-2H3,(H,39,40)(H,42,43). The third-order valence-corrected chi connectivity index (χ3v) is 8.67. The van der Waals surface area contributed by atoms with E-state index in [0.717, 1.165) is 57.8 Å². The monoisotopic (exact) mass is 625 g/mol. The summed E-state index contributed by atoms with van der Waals surface area (Å²) >= 11 is 0. The molecular formula is C37H72N2O5. The molecule has 0 aliphatic heterocycles. The predicted molar refractivity (Wildman–Crippen MR) is 184 cm³/mol. The summed E-state index contributed by atoms with van der Waals surface area (Å²) in [5.41, 5.74) is 5.46. The minimum absolute atomic E-state index is 0.00191. The number of hydrogen-bond acceptors (Lipinski definition) is 5. The fourth-order valence-corrected chi connectivity index (χ4v) is 5.80. The Bertz CT molecular complexity index is 672. The maximum Gasteiger partial charge on any atom is 0.326 e. The summed E-state index contributed by atoms with van der Waals surface area (Å²) in [6.07, 6.45) is 31.5. The second-order valence-corrected chi connectivity index (χ2v) is 13.0. The lowest BCUT2D eigenvalue weighted by Crippen LogP contribution is -2.40. The molecule has 2 unspecified atom stereocenters. The van der Waals surface area contributed by atoms with Crippen LogP contribution in [0.3, 0.4) is 0 Å². The van der Waals surface area contributed by atoms with Gasteiger partial charge in [0.25, 0.3) is 0 Å². The number of ether oxygens (including phenoxy) is 1. The summed E-state index contributed by atoms with van der Waals surface area (Å²) < 4.78 is 5.95. The first-order valence-corrected chi connectivity index (χ1v) is 18.9. The zero-order chi connectivity index (χ0) is 32.5. The summed E-state index contributed by atoms with van der Waals surface area (Å²) in [6, 6.07) is -0.858. The van der Waals surface area contributed by atoms with Crippen LogP contribution in [0.1, 0.15) is 200 Å². The van der Waals surface area contributed by atoms with Crippen LogP contribution in [-0.4, -0.2) is 41.6 Å². The van der Waals surface area contributed by atoms with Crippen molar-refractivity contribution < 1.29 is 24.2 Å². The van der Waals surface area contributed by atoms with Crippen molar-refractivity contribution in [1.82, 2.24) is 5.32 Å². The van der Waals surface area contributed by atoms with Crippen LogP contribution < -0.4 is 11.1 Å². The van der Waals surface area contributed by atoms with Crippen LogP contribution in [0.2, 0.25) is 0 Å². The zero-order valence-electron chi connectivity index (χ0n) is 29.0. The first-order valence-electron chi connectivity index (χ1n) is 18.9.